The monoisotopic (exact) mass is 430 g/mol. The number of carbonyl (C=O) groups is 1. The summed E-state index contributed by atoms with van der Waals surface area (Å²) in [6, 6.07) is 8.27. The molecule has 0 saturated carbocycles. The summed E-state index contributed by atoms with van der Waals surface area (Å²) in [5.74, 6) is -0.198. The number of nitrogens with one attached hydrogen (secondary N) is 2. The Kier molecular flexibility index (Phi) is 6.91. The van der Waals surface area contributed by atoms with Crippen LogP contribution in [0.5, 0.6) is 5.75 Å². The predicted molar refractivity (Wildman–Crippen MR) is 101 cm³/mol. The molecule has 6 nitrogen and oxygen atoms in total. The van der Waals surface area contributed by atoms with E-state index in [1.165, 1.54) is 57.4 Å². The van der Waals surface area contributed by atoms with Crippen molar-refractivity contribution in [2.45, 2.75) is 37.0 Å². The van der Waals surface area contributed by atoms with E-state index < -0.39 is 39.8 Å². The first kappa shape index (κ1) is 22.7. The molecule has 29 heavy (non-hydrogen) atoms. The Morgan fingerprint density at radius 2 is 1.69 bits per heavy atom. The minimum Gasteiger partial charge on any atom is -0.497 e. The molecule has 0 saturated heterocycles. The Balaban J connectivity index is 2.06. The van der Waals surface area contributed by atoms with Crippen molar-refractivity contribution in [1.29, 1.82) is 0 Å². The van der Waals surface area contributed by atoms with Crippen LogP contribution in [0.4, 0.5) is 13.2 Å². The van der Waals surface area contributed by atoms with Crippen LogP contribution in [-0.4, -0.2) is 27.5 Å². The molecule has 0 aliphatic rings. The maximum atomic E-state index is 12.8. The van der Waals surface area contributed by atoms with E-state index in [0.717, 1.165) is 12.1 Å². The van der Waals surface area contributed by atoms with Gasteiger partial charge >= 0.3 is 6.18 Å². The van der Waals surface area contributed by atoms with Crippen LogP contribution in [0.15, 0.2) is 53.4 Å². The molecule has 10 heteroatoms. The third-order valence-corrected chi connectivity index (χ3v) is 5.72. The van der Waals surface area contributed by atoms with Crippen molar-refractivity contribution in [2.75, 3.05) is 7.11 Å². The molecule has 2 atom stereocenters. The standard InChI is InChI=1S/C19H21F3N2O4S/c1-12(14-5-4-6-15(11-14)19(20,21)22)23-18(25)13(2)24-29(26,27)17-9-7-16(28-3)8-10-17/h4-13,24H,1-3H3,(H,23,25)/t12?,13-/m0/s1. The zero-order valence-corrected chi connectivity index (χ0v) is 16.8. The number of halogens is 3. The largest absolute Gasteiger partial charge is 0.497 e. The number of carbonyl (C=O) groups excluding carboxylic acids is 1. The first-order valence-corrected chi connectivity index (χ1v) is 10.1. The second-order valence-corrected chi connectivity index (χ2v) is 8.09. The Morgan fingerprint density at radius 1 is 1.07 bits per heavy atom. The third kappa shape index (κ3) is 5.94. The summed E-state index contributed by atoms with van der Waals surface area (Å²) in [5.41, 5.74) is -0.581. The third-order valence-electron chi connectivity index (χ3n) is 4.17. The zero-order valence-electron chi connectivity index (χ0n) is 15.9. The fraction of sp³-hybridized carbons (Fsp3) is 0.316. The minimum absolute atomic E-state index is 0.0520. The molecular weight excluding hydrogens is 409 g/mol. The number of benzene rings is 2. The van der Waals surface area contributed by atoms with Crippen molar-refractivity contribution in [3.05, 3.63) is 59.7 Å². The molecule has 0 bridgehead atoms. The Labute approximate surface area is 167 Å². The molecule has 0 spiro atoms. The normalized spacial score (nSPS) is 14.1. The van der Waals surface area contributed by atoms with Crippen LogP contribution >= 0.6 is 0 Å². The molecule has 1 amide bonds. The first-order valence-electron chi connectivity index (χ1n) is 8.58. The van der Waals surface area contributed by atoms with Gasteiger partial charge in [0.05, 0.1) is 29.7 Å². The topological polar surface area (TPSA) is 84.5 Å². The van der Waals surface area contributed by atoms with Crippen LogP contribution in [0.2, 0.25) is 0 Å². The van der Waals surface area contributed by atoms with Crippen LogP contribution in [0.3, 0.4) is 0 Å². The molecule has 0 heterocycles. The quantitative estimate of drug-likeness (QED) is 0.706. The molecule has 0 aromatic heterocycles. The van der Waals surface area contributed by atoms with Crippen molar-refractivity contribution < 1.29 is 31.1 Å². The Hall–Kier alpha value is -2.59. The van der Waals surface area contributed by atoms with Crippen LogP contribution in [-0.2, 0) is 21.0 Å². The Bertz CT molecular complexity index is 960. The molecule has 2 aromatic rings. The van der Waals surface area contributed by atoms with E-state index in [9.17, 15) is 26.4 Å². The molecule has 1 unspecified atom stereocenters. The second kappa shape index (κ2) is 8.83. The van der Waals surface area contributed by atoms with E-state index in [0.29, 0.717) is 5.75 Å². The molecule has 2 aromatic carbocycles. The number of hydrogen-bond acceptors (Lipinski definition) is 4. The van der Waals surface area contributed by atoms with Gasteiger partial charge in [-0.05, 0) is 55.8 Å². The SMILES string of the molecule is COc1ccc(S(=O)(=O)N[C@@H](C)C(=O)NC(C)c2cccc(C(F)(F)F)c2)cc1. The molecular formula is C19H21F3N2O4S. The number of alkyl halides is 3. The average Bonchev–Trinajstić information content (AvgIpc) is 2.67. The highest BCUT2D eigenvalue weighted by Crippen LogP contribution is 2.30. The molecule has 158 valence electrons. The van der Waals surface area contributed by atoms with Crippen molar-refractivity contribution in [1.82, 2.24) is 10.0 Å². The van der Waals surface area contributed by atoms with Crippen LogP contribution in [0, 0.1) is 0 Å². The van der Waals surface area contributed by atoms with E-state index in [-0.39, 0.29) is 10.5 Å². The van der Waals surface area contributed by atoms with Crippen molar-refractivity contribution in [2.24, 2.45) is 0 Å². The molecule has 0 fully saturated rings. The summed E-state index contributed by atoms with van der Waals surface area (Å²) < 4.78 is 70.5. The average molecular weight is 430 g/mol. The van der Waals surface area contributed by atoms with E-state index in [1.54, 1.807) is 0 Å². The van der Waals surface area contributed by atoms with E-state index in [1.807, 2.05) is 0 Å². The number of rotatable bonds is 7. The fourth-order valence-corrected chi connectivity index (χ4v) is 3.72. The molecule has 2 rings (SSSR count). The van der Waals surface area contributed by atoms with Gasteiger partial charge in [0, 0.05) is 0 Å². The van der Waals surface area contributed by atoms with Gasteiger partial charge in [-0.3, -0.25) is 4.79 Å². The van der Waals surface area contributed by atoms with Crippen LogP contribution in [0.1, 0.15) is 31.0 Å². The molecule has 0 aliphatic heterocycles. The predicted octanol–water partition coefficient (Wildman–Crippen LogP) is 3.26. The molecule has 0 radical (unpaired) electrons. The highest BCUT2D eigenvalue weighted by molar-refractivity contribution is 7.89. The number of sulfonamides is 1. The van der Waals surface area contributed by atoms with Crippen molar-refractivity contribution in [3.63, 3.8) is 0 Å². The maximum absolute atomic E-state index is 12.8. The summed E-state index contributed by atoms with van der Waals surface area (Å²) in [6.45, 7) is 2.85. The fourth-order valence-electron chi connectivity index (χ4n) is 2.52. The van der Waals surface area contributed by atoms with Crippen LogP contribution in [0.25, 0.3) is 0 Å². The van der Waals surface area contributed by atoms with Gasteiger partial charge in [-0.15, -0.1) is 0 Å². The summed E-state index contributed by atoms with van der Waals surface area (Å²) in [7, 11) is -2.53. The lowest BCUT2D eigenvalue weighted by Gasteiger charge is -2.20. The van der Waals surface area contributed by atoms with Gasteiger partial charge in [0.2, 0.25) is 15.9 Å². The van der Waals surface area contributed by atoms with E-state index in [4.69, 9.17) is 4.74 Å². The van der Waals surface area contributed by atoms with Crippen LogP contribution < -0.4 is 14.8 Å². The van der Waals surface area contributed by atoms with Gasteiger partial charge in [0.25, 0.3) is 0 Å². The zero-order chi connectivity index (χ0) is 21.8. The van der Waals surface area contributed by atoms with Crippen molar-refractivity contribution >= 4 is 15.9 Å². The highest BCUT2D eigenvalue weighted by atomic mass is 32.2. The lowest BCUT2D eigenvalue weighted by molar-refractivity contribution is -0.137. The molecule has 2 N–H and O–H groups in total. The van der Waals surface area contributed by atoms with Gasteiger partial charge in [-0.25, -0.2) is 8.42 Å². The van der Waals surface area contributed by atoms with Gasteiger partial charge in [-0.1, -0.05) is 12.1 Å². The smallest absolute Gasteiger partial charge is 0.416 e. The number of methoxy groups -OCH3 is 1. The van der Waals surface area contributed by atoms with E-state index in [2.05, 4.69) is 10.0 Å². The lowest BCUT2D eigenvalue weighted by Crippen LogP contribution is -2.45. The summed E-state index contributed by atoms with van der Waals surface area (Å²) >= 11 is 0. The number of ether oxygens (including phenoxy) is 1. The minimum atomic E-state index is -4.50. The second-order valence-electron chi connectivity index (χ2n) is 6.37. The summed E-state index contributed by atoms with van der Waals surface area (Å²) in [6.07, 6.45) is -4.50. The number of amides is 1. The van der Waals surface area contributed by atoms with Gasteiger partial charge in [-0.2, -0.15) is 17.9 Å². The maximum Gasteiger partial charge on any atom is 0.416 e. The van der Waals surface area contributed by atoms with Gasteiger partial charge in [0.15, 0.2) is 0 Å². The first-order chi connectivity index (χ1) is 13.4. The Morgan fingerprint density at radius 3 is 2.24 bits per heavy atom. The van der Waals surface area contributed by atoms with Crippen molar-refractivity contribution in [3.8, 4) is 5.75 Å². The van der Waals surface area contributed by atoms with Gasteiger partial charge in [0.1, 0.15) is 5.75 Å². The lowest BCUT2D eigenvalue weighted by atomic mass is 10.0. The number of hydrogen-bond donors (Lipinski definition) is 2. The summed E-state index contributed by atoms with van der Waals surface area (Å²) in [4.78, 5) is 12.3. The molecule has 0 aliphatic carbocycles. The van der Waals surface area contributed by atoms with Gasteiger partial charge < -0.3 is 10.1 Å². The highest BCUT2D eigenvalue weighted by Gasteiger charge is 2.31. The summed E-state index contributed by atoms with van der Waals surface area (Å²) in [5, 5.41) is 2.51. The van der Waals surface area contributed by atoms with E-state index >= 15 is 0 Å².